The molecule has 0 spiro atoms. The SMILES string of the molecule is CCOc1cc(/C=C2\Cc3ccccc3C2=O)cc(I)c1OC. The van der Waals surface area contributed by atoms with E-state index in [0.717, 1.165) is 31.6 Å². The monoisotopic (exact) mass is 420 g/mol. The summed E-state index contributed by atoms with van der Waals surface area (Å²) in [5, 5.41) is 0. The maximum atomic E-state index is 12.5. The van der Waals surface area contributed by atoms with E-state index in [-0.39, 0.29) is 5.78 Å². The number of fused-ring (bicyclic) bond motifs is 1. The van der Waals surface area contributed by atoms with E-state index in [9.17, 15) is 4.79 Å². The number of rotatable bonds is 4. The van der Waals surface area contributed by atoms with Crippen LogP contribution in [0, 0.1) is 3.57 Å². The third kappa shape index (κ3) is 3.13. The first kappa shape index (κ1) is 16.1. The lowest BCUT2D eigenvalue weighted by Gasteiger charge is -2.12. The van der Waals surface area contributed by atoms with Crippen molar-refractivity contribution in [2.24, 2.45) is 0 Å². The van der Waals surface area contributed by atoms with E-state index in [2.05, 4.69) is 22.6 Å². The molecule has 118 valence electrons. The van der Waals surface area contributed by atoms with E-state index >= 15 is 0 Å². The van der Waals surface area contributed by atoms with Crippen LogP contribution in [0.5, 0.6) is 11.5 Å². The zero-order valence-corrected chi connectivity index (χ0v) is 15.2. The lowest BCUT2D eigenvalue weighted by molar-refractivity contribution is 0.104. The molecule has 0 atom stereocenters. The number of carbonyl (C=O) groups excluding carboxylic acids is 1. The Morgan fingerprint density at radius 2 is 2.04 bits per heavy atom. The Kier molecular flexibility index (Phi) is 4.71. The third-order valence-electron chi connectivity index (χ3n) is 3.81. The van der Waals surface area contributed by atoms with E-state index in [1.54, 1.807) is 7.11 Å². The second-order valence-corrected chi connectivity index (χ2v) is 6.46. The Morgan fingerprint density at radius 3 is 2.74 bits per heavy atom. The molecule has 0 heterocycles. The summed E-state index contributed by atoms with van der Waals surface area (Å²) in [5.41, 5.74) is 3.67. The largest absolute Gasteiger partial charge is 0.492 e. The zero-order chi connectivity index (χ0) is 16.4. The molecule has 3 nitrogen and oxygen atoms in total. The van der Waals surface area contributed by atoms with Gasteiger partial charge in [-0.15, -0.1) is 0 Å². The average Bonchev–Trinajstić information content (AvgIpc) is 2.84. The van der Waals surface area contributed by atoms with Gasteiger partial charge < -0.3 is 9.47 Å². The molecule has 0 saturated carbocycles. The summed E-state index contributed by atoms with van der Waals surface area (Å²) in [6.07, 6.45) is 2.63. The minimum atomic E-state index is 0.115. The van der Waals surface area contributed by atoms with Crippen LogP contribution in [0.4, 0.5) is 0 Å². The lowest BCUT2D eigenvalue weighted by Crippen LogP contribution is -1.99. The molecule has 0 saturated heterocycles. The number of hydrogen-bond donors (Lipinski definition) is 0. The second-order valence-electron chi connectivity index (χ2n) is 5.30. The molecule has 0 fully saturated rings. The smallest absolute Gasteiger partial charge is 0.189 e. The van der Waals surface area contributed by atoms with Crippen LogP contribution >= 0.6 is 22.6 Å². The minimum Gasteiger partial charge on any atom is -0.492 e. The van der Waals surface area contributed by atoms with E-state index in [1.165, 1.54) is 0 Å². The van der Waals surface area contributed by atoms with E-state index in [0.29, 0.717) is 18.8 Å². The van der Waals surface area contributed by atoms with Gasteiger partial charge in [0.1, 0.15) is 0 Å². The normalized spacial score (nSPS) is 14.9. The highest BCUT2D eigenvalue weighted by molar-refractivity contribution is 14.1. The number of ketones is 1. The maximum Gasteiger partial charge on any atom is 0.189 e. The summed E-state index contributed by atoms with van der Waals surface area (Å²) < 4.78 is 12.0. The van der Waals surface area contributed by atoms with Crippen molar-refractivity contribution in [3.05, 3.63) is 62.2 Å². The molecular weight excluding hydrogens is 403 g/mol. The maximum absolute atomic E-state index is 12.5. The minimum absolute atomic E-state index is 0.115. The summed E-state index contributed by atoms with van der Waals surface area (Å²) in [6.45, 7) is 2.51. The number of halogens is 1. The highest BCUT2D eigenvalue weighted by Gasteiger charge is 2.24. The molecule has 23 heavy (non-hydrogen) atoms. The highest BCUT2D eigenvalue weighted by Crippen LogP contribution is 2.35. The van der Waals surface area contributed by atoms with Gasteiger partial charge in [0.15, 0.2) is 17.3 Å². The lowest BCUT2D eigenvalue weighted by atomic mass is 10.1. The van der Waals surface area contributed by atoms with Crippen LogP contribution in [0.2, 0.25) is 0 Å². The van der Waals surface area contributed by atoms with Gasteiger partial charge in [-0.25, -0.2) is 0 Å². The average molecular weight is 420 g/mol. The first-order valence-electron chi connectivity index (χ1n) is 7.47. The summed E-state index contributed by atoms with van der Waals surface area (Å²) in [4.78, 5) is 12.5. The number of methoxy groups -OCH3 is 1. The quantitative estimate of drug-likeness (QED) is 0.539. The number of Topliss-reactive ketones (excluding diaryl/α,β-unsaturated/α-hetero) is 1. The number of allylic oxidation sites excluding steroid dienone is 1. The van der Waals surface area contributed by atoms with Crippen molar-refractivity contribution in [2.75, 3.05) is 13.7 Å². The predicted octanol–water partition coefficient (Wildman–Crippen LogP) is 4.52. The molecule has 0 bridgehead atoms. The molecule has 0 N–H and O–H groups in total. The molecule has 2 aromatic rings. The van der Waals surface area contributed by atoms with E-state index < -0.39 is 0 Å². The van der Waals surface area contributed by atoms with Crippen LogP contribution in [0.1, 0.15) is 28.4 Å². The van der Waals surface area contributed by atoms with Gasteiger partial charge in [-0.2, -0.15) is 0 Å². The molecule has 0 aliphatic heterocycles. The van der Waals surface area contributed by atoms with Crippen molar-refractivity contribution in [3.63, 3.8) is 0 Å². The molecule has 3 rings (SSSR count). The summed E-state index contributed by atoms with van der Waals surface area (Å²) in [5.74, 6) is 1.55. The van der Waals surface area contributed by atoms with E-state index in [1.807, 2.05) is 49.4 Å². The van der Waals surface area contributed by atoms with Crippen LogP contribution in [0.25, 0.3) is 6.08 Å². The van der Waals surface area contributed by atoms with E-state index in [4.69, 9.17) is 9.47 Å². The molecule has 0 unspecified atom stereocenters. The Morgan fingerprint density at radius 1 is 1.26 bits per heavy atom. The molecule has 0 radical (unpaired) electrons. The van der Waals surface area contributed by atoms with Crippen LogP contribution in [0.15, 0.2) is 42.0 Å². The van der Waals surface area contributed by atoms with Crippen molar-refractivity contribution in [1.82, 2.24) is 0 Å². The van der Waals surface area contributed by atoms with Gasteiger partial charge >= 0.3 is 0 Å². The predicted molar refractivity (Wildman–Crippen MR) is 99.3 cm³/mol. The third-order valence-corrected chi connectivity index (χ3v) is 4.61. The van der Waals surface area contributed by atoms with Crippen molar-refractivity contribution in [1.29, 1.82) is 0 Å². The summed E-state index contributed by atoms with van der Waals surface area (Å²) in [7, 11) is 1.63. The fourth-order valence-corrected chi connectivity index (χ4v) is 3.65. The van der Waals surface area contributed by atoms with Gasteiger partial charge in [-0.3, -0.25) is 4.79 Å². The van der Waals surface area contributed by atoms with Gasteiger partial charge in [-0.05, 0) is 58.9 Å². The van der Waals surface area contributed by atoms with Crippen molar-refractivity contribution in [3.8, 4) is 11.5 Å². The fraction of sp³-hybridized carbons (Fsp3) is 0.211. The number of benzene rings is 2. The van der Waals surface area contributed by atoms with Gasteiger partial charge in [0.25, 0.3) is 0 Å². The Labute approximate surface area is 149 Å². The van der Waals surface area contributed by atoms with Crippen LogP contribution < -0.4 is 9.47 Å². The molecule has 1 aliphatic rings. The number of carbonyl (C=O) groups is 1. The van der Waals surface area contributed by atoms with Crippen LogP contribution in [0.3, 0.4) is 0 Å². The zero-order valence-electron chi connectivity index (χ0n) is 13.1. The molecule has 0 aromatic heterocycles. The number of ether oxygens (including phenoxy) is 2. The van der Waals surface area contributed by atoms with Gasteiger partial charge in [0.2, 0.25) is 0 Å². The topological polar surface area (TPSA) is 35.5 Å². The highest BCUT2D eigenvalue weighted by atomic mass is 127. The van der Waals surface area contributed by atoms with Crippen LogP contribution in [-0.4, -0.2) is 19.5 Å². The molecule has 1 aliphatic carbocycles. The van der Waals surface area contributed by atoms with Gasteiger partial charge in [0.05, 0.1) is 17.3 Å². The molecular formula is C19H17IO3. The second kappa shape index (κ2) is 6.74. The standard InChI is InChI=1S/C19H17IO3/c1-3-23-17-10-12(9-16(20)19(17)22-2)8-14-11-13-6-4-5-7-15(13)18(14)21/h4-10H,3,11H2,1-2H3/b14-8+. The van der Waals surface area contributed by atoms with Crippen molar-refractivity contribution in [2.45, 2.75) is 13.3 Å². The Bertz CT molecular complexity index is 793. The molecule has 2 aromatic carbocycles. The first-order valence-corrected chi connectivity index (χ1v) is 8.55. The first-order chi connectivity index (χ1) is 11.1. The van der Waals surface area contributed by atoms with Gasteiger partial charge in [0, 0.05) is 17.6 Å². The van der Waals surface area contributed by atoms with Crippen molar-refractivity contribution < 1.29 is 14.3 Å². The summed E-state index contributed by atoms with van der Waals surface area (Å²) in [6, 6.07) is 11.7. The number of hydrogen-bond acceptors (Lipinski definition) is 3. The van der Waals surface area contributed by atoms with Crippen molar-refractivity contribution >= 4 is 34.5 Å². The van der Waals surface area contributed by atoms with Crippen LogP contribution in [-0.2, 0) is 6.42 Å². The Balaban J connectivity index is 1.99. The fourth-order valence-electron chi connectivity index (χ4n) is 2.80. The van der Waals surface area contributed by atoms with Gasteiger partial charge in [-0.1, -0.05) is 24.3 Å². The molecule has 0 amide bonds. The Hall–Kier alpha value is -1.82. The molecule has 4 heteroatoms. The summed E-state index contributed by atoms with van der Waals surface area (Å²) >= 11 is 2.22.